The minimum Gasteiger partial charge on any atom is -0.294 e. The van der Waals surface area contributed by atoms with Crippen LogP contribution in [-0.4, -0.2) is 15.6 Å². The summed E-state index contributed by atoms with van der Waals surface area (Å²) in [4.78, 5) is 12.3. The maximum Gasteiger partial charge on any atom is 0.170 e. The Morgan fingerprint density at radius 2 is 2.11 bits per heavy atom. The van der Waals surface area contributed by atoms with Crippen LogP contribution < -0.4 is 0 Å². The van der Waals surface area contributed by atoms with Gasteiger partial charge in [0.1, 0.15) is 0 Å². The molecule has 6 heteroatoms. The van der Waals surface area contributed by atoms with Crippen LogP contribution in [0.5, 0.6) is 0 Å². The van der Waals surface area contributed by atoms with Gasteiger partial charge in [0, 0.05) is 17.1 Å². The molecule has 0 aliphatic rings. The fourth-order valence-electron chi connectivity index (χ4n) is 1.83. The van der Waals surface area contributed by atoms with E-state index in [1.807, 2.05) is 6.92 Å². The van der Waals surface area contributed by atoms with Crippen LogP contribution in [-0.2, 0) is 13.5 Å². The maximum atomic E-state index is 12.3. The molecule has 0 amide bonds. The van der Waals surface area contributed by atoms with Crippen molar-refractivity contribution >= 4 is 44.9 Å². The number of aryl methyl sites for hydroxylation is 2. The number of hydrogen-bond acceptors (Lipinski definition) is 2. The summed E-state index contributed by atoms with van der Waals surface area (Å²) in [6, 6.07) is 5.19. The Kier molecular flexibility index (Phi) is 4.33. The molecular weight excluding hydrogens is 351 g/mol. The molecule has 0 spiro atoms. The van der Waals surface area contributed by atoms with Crippen molar-refractivity contribution in [2.75, 3.05) is 0 Å². The lowest BCUT2D eigenvalue weighted by Crippen LogP contribution is -2.09. The summed E-state index contributed by atoms with van der Waals surface area (Å²) in [6.07, 6.45) is 0.173. The second kappa shape index (κ2) is 5.65. The first-order chi connectivity index (χ1) is 8.90. The van der Waals surface area contributed by atoms with Gasteiger partial charge in [-0.05, 0) is 25.1 Å². The summed E-state index contributed by atoms with van der Waals surface area (Å²) >= 11 is 15.5. The molecule has 0 aliphatic heterocycles. The highest BCUT2D eigenvalue weighted by Gasteiger charge is 2.18. The van der Waals surface area contributed by atoms with E-state index in [-0.39, 0.29) is 12.2 Å². The minimum absolute atomic E-state index is 0.0869. The fourth-order valence-corrected chi connectivity index (χ4v) is 2.64. The molecule has 0 fully saturated rings. The molecule has 2 aromatic rings. The van der Waals surface area contributed by atoms with Gasteiger partial charge in [-0.2, -0.15) is 5.10 Å². The molecule has 0 unspecified atom stereocenters. The van der Waals surface area contributed by atoms with Gasteiger partial charge in [0.15, 0.2) is 5.78 Å². The lowest BCUT2D eigenvalue weighted by Gasteiger charge is -2.05. The van der Waals surface area contributed by atoms with E-state index in [0.29, 0.717) is 27.0 Å². The van der Waals surface area contributed by atoms with E-state index >= 15 is 0 Å². The van der Waals surface area contributed by atoms with Crippen molar-refractivity contribution in [2.45, 2.75) is 13.3 Å². The van der Waals surface area contributed by atoms with Crippen LogP contribution in [0.2, 0.25) is 10.0 Å². The highest BCUT2D eigenvalue weighted by atomic mass is 79.9. The Hall–Kier alpha value is -0.840. The van der Waals surface area contributed by atoms with Crippen molar-refractivity contribution in [3.63, 3.8) is 0 Å². The zero-order valence-electron chi connectivity index (χ0n) is 10.4. The summed E-state index contributed by atoms with van der Waals surface area (Å²) in [6.45, 7) is 1.81. The first-order valence-electron chi connectivity index (χ1n) is 5.56. The topological polar surface area (TPSA) is 34.9 Å². The van der Waals surface area contributed by atoms with E-state index in [2.05, 4.69) is 21.0 Å². The zero-order chi connectivity index (χ0) is 14.2. The van der Waals surface area contributed by atoms with E-state index < -0.39 is 0 Å². The van der Waals surface area contributed by atoms with Crippen molar-refractivity contribution in [2.24, 2.45) is 7.05 Å². The highest BCUT2D eigenvalue weighted by Crippen LogP contribution is 2.25. The molecule has 0 atom stereocenters. The minimum atomic E-state index is -0.0869. The van der Waals surface area contributed by atoms with Crippen molar-refractivity contribution in [1.29, 1.82) is 0 Å². The number of benzene rings is 1. The van der Waals surface area contributed by atoms with E-state index in [9.17, 15) is 4.79 Å². The monoisotopic (exact) mass is 360 g/mol. The van der Waals surface area contributed by atoms with Gasteiger partial charge in [0.05, 0.1) is 27.9 Å². The largest absolute Gasteiger partial charge is 0.294 e. The van der Waals surface area contributed by atoms with Gasteiger partial charge >= 0.3 is 0 Å². The molecule has 2 rings (SSSR count). The molecular formula is C13H11BrCl2N2O. The van der Waals surface area contributed by atoms with E-state index in [1.54, 1.807) is 29.9 Å². The third-order valence-electron chi connectivity index (χ3n) is 2.82. The van der Waals surface area contributed by atoms with Crippen molar-refractivity contribution in [3.05, 3.63) is 49.7 Å². The van der Waals surface area contributed by atoms with Gasteiger partial charge in [-0.3, -0.25) is 9.48 Å². The SMILES string of the molecule is Cc1nn(C)c(CC(=O)c2cc(Br)ccc2Cl)c1Cl. The zero-order valence-corrected chi connectivity index (χ0v) is 13.5. The normalized spacial score (nSPS) is 10.8. The van der Waals surface area contributed by atoms with Gasteiger partial charge in [0.25, 0.3) is 0 Å². The van der Waals surface area contributed by atoms with Crippen LogP contribution in [0, 0.1) is 6.92 Å². The summed E-state index contributed by atoms with van der Waals surface area (Å²) in [7, 11) is 1.77. The third kappa shape index (κ3) is 3.02. The Balaban J connectivity index is 2.33. The highest BCUT2D eigenvalue weighted by molar-refractivity contribution is 9.10. The molecule has 100 valence electrons. The number of halogens is 3. The average Bonchev–Trinajstić information content (AvgIpc) is 2.59. The molecule has 0 radical (unpaired) electrons. The number of ketones is 1. The number of Topliss-reactive ketones (excluding diaryl/α,β-unsaturated/α-hetero) is 1. The van der Waals surface area contributed by atoms with Crippen LogP contribution in [0.3, 0.4) is 0 Å². The second-order valence-corrected chi connectivity index (χ2v) is 5.89. The predicted molar refractivity (Wildman–Crippen MR) is 80.1 cm³/mol. The van der Waals surface area contributed by atoms with E-state index in [1.165, 1.54) is 0 Å². The van der Waals surface area contributed by atoms with Gasteiger partial charge < -0.3 is 0 Å². The third-order valence-corrected chi connectivity index (χ3v) is 4.13. The number of carbonyl (C=O) groups is 1. The Morgan fingerprint density at radius 1 is 1.42 bits per heavy atom. The van der Waals surface area contributed by atoms with Crippen LogP contribution in [0.25, 0.3) is 0 Å². The lowest BCUT2D eigenvalue weighted by atomic mass is 10.1. The molecule has 1 aromatic heterocycles. The number of hydrogen-bond donors (Lipinski definition) is 0. The predicted octanol–water partition coefficient (Wildman–Crippen LogP) is 4.22. The first kappa shape index (κ1) is 14.6. The second-order valence-electron chi connectivity index (χ2n) is 4.19. The molecule has 0 aliphatic carbocycles. The van der Waals surface area contributed by atoms with Gasteiger partial charge in [-0.25, -0.2) is 0 Å². The molecule has 19 heavy (non-hydrogen) atoms. The van der Waals surface area contributed by atoms with Crippen molar-refractivity contribution in [3.8, 4) is 0 Å². The van der Waals surface area contributed by atoms with E-state index in [0.717, 1.165) is 4.47 Å². The summed E-state index contributed by atoms with van der Waals surface area (Å²) < 4.78 is 2.44. The molecule has 3 nitrogen and oxygen atoms in total. The van der Waals surface area contributed by atoms with E-state index in [4.69, 9.17) is 23.2 Å². The van der Waals surface area contributed by atoms with Crippen molar-refractivity contribution in [1.82, 2.24) is 9.78 Å². The number of aromatic nitrogens is 2. The quantitative estimate of drug-likeness (QED) is 0.767. The smallest absolute Gasteiger partial charge is 0.170 e. The van der Waals surface area contributed by atoms with Crippen molar-refractivity contribution < 1.29 is 4.79 Å². The lowest BCUT2D eigenvalue weighted by molar-refractivity contribution is 0.0991. The Labute approximate surface area is 129 Å². The average molecular weight is 362 g/mol. The van der Waals surface area contributed by atoms with Crippen LogP contribution >= 0.6 is 39.1 Å². The number of carbonyl (C=O) groups excluding carboxylic acids is 1. The van der Waals surface area contributed by atoms with Gasteiger partial charge in [-0.15, -0.1) is 0 Å². The Morgan fingerprint density at radius 3 is 2.68 bits per heavy atom. The Bertz CT molecular complexity index is 652. The van der Waals surface area contributed by atoms with Crippen LogP contribution in [0.15, 0.2) is 22.7 Å². The first-order valence-corrected chi connectivity index (χ1v) is 7.11. The van der Waals surface area contributed by atoms with Gasteiger partial charge in [-0.1, -0.05) is 39.1 Å². The molecule has 0 N–H and O–H groups in total. The van der Waals surface area contributed by atoms with Crippen LogP contribution in [0.4, 0.5) is 0 Å². The fraction of sp³-hybridized carbons (Fsp3) is 0.231. The molecule has 1 aromatic carbocycles. The maximum absolute atomic E-state index is 12.3. The summed E-state index contributed by atoms with van der Waals surface area (Å²) in [5.41, 5.74) is 1.89. The summed E-state index contributed by atoms with van der Waals surface area (Å²) in [5.74, 6) is -0.0869. The molecule has 0 saturated heterocycles. The standard InChI is InChI=1S/C13H11BrCl2N2O/c1-7-13(16)11(18(2)17-7)6-12(19)9-5-8(14)3-4-10(9)15/h3-5H,6H2,1-2H3. The summed E-state index contributed by atoms with van der Waals surface area (Å²) in [5, 5.41) is 5.15. The van der Waals surface area contributed by atoms with Crippen LogP contribution in [0.1, 0.15) is 21.7 Å². The molecule has 0 saturated carbocycles. The molecule has 1 heterocycles. The number of nitrogens with zero attached hydrogens (tertiary/aromatic N) is 2. The number of rotatable bonds is 3. The van der Waals surface area contributed by atoms with Gasteiger partial charge in [0.2, 0.25) is 0 Å². The molecule has 0 bridgehead atoms.